The second kappa shape index (κ2) is 12.5. The Kier molecular flexibility index (Phi) is 8.89. The molecule has 0 saturated heterocycles. The lowest BCUT2D eigenvalue weighted by molar-refractivity contribution is 0.268. The lowest BCUT2D eigenvalue weighted by Crippen LogP contribution is -2.41. The molecule has 0 aliphatic rings. The molecule has 0 amide bonds. The average molecular weight is 623 g/mol. The highest BCUT2D eigenvalue weighted by molar-refractivity contribution is 6.74. The molecule has 4 heterocycles. The number of aliphatic hydroxyl groups is 1. The van der Waals surface area contributed by atoms with Crippen molar-refractivity contribution < 1.29 is 9.53 Å². The molecular formula is C36H42N4O4Si. The zero-order chi connectivity index (χ0) is 32.5. The Morgan fingerprint density at radius 3 is 1.53 bits per heavy atom. The fourth-order valence-electron chi connectivity index (χ4n) is 5.19. The van der Waals surface area contributed by atoms with Crippen molar-refractivity contribution in [3.63, 3.8) is 0 Å². The standard InChI is InChI=1S/C21H28N2O2Si.C15H14N2O2/c1-16-12-13-22-14-18(15-25-26(5,6)21(2,3)4)23(20(24)19(16)22)17-10-8-7-9-11-17;1-11-7-8-16-9-13(10-18)17(15(19)14(11)16)12-5-3-2-4-6-12/h7-14H,15H2,1-6H3;2-9,18H,10H2,1H3. The number of rotatable bonds is 6. The molecule has 0 bridgehead atoms. The van der Waals surface area contributed by atoms with Gasteiger partial charge in [0.1, 0.15) is 11.0 Å². The molecule has 0 spiro atoms. The van der Waals surface area contributed by atoms with Crippen LogP contribution < -0.4 is 11.1 Å². The van der Waals surface area contributed by atoms with Crippen LogP contribution in [0.4, 0.5) is 0 Å². The molecule has 45 heavy (non-hydrogen) atoms. The normalized spacial score (nSPS) is 12.0. The second-order valence-electron chi connectivity index (χ2n) is 12.9. The SMILES string of the molecule is Cc1ccn2cc(CO)n(-c3ccccc3)c(=O)c12.Cc1ccn2cc(CO[Si](C)(C)C(C)(C)C)n(-c3ccccc3)c(=O)c12. The molecule has 0 unspecified atom stereocenters. The molecule has 234 valence electrons. The smallest absolute Gasteiger partial charge is 0.279 e. The molecule has 0 saturated carbocycles. The molecular weight excluding hydrogens is 581 g/mol. The highest BCUT2D eigenvalue weighted by Gasteiger charge is 2.37. The Hall–Kier alpha value is -4.44. The molecule has 0 aliphatic carbocycles. The molecule has 0 fully saturated rings. The maximum atomic E-state index is 13.3. The molecule has 6 rings (SSSR count). The Bertz CT molecular complexity index is 2060. The lowest BCUT2D eigenvalue weighted by atomic mass is 10.2. The van der Waals surface area contributed by atoms with Crippen LogP contribution in [-0.4, -0.2) is 31.4 Å². The minimum atomic E-state index is -1.92. The molecule has 0 aliphatic heterocycles. The predicted octanol–water partition coefficient (Wildman–Crippen LogP) is 6.81. The van der Waals surface area contributed by atoms with Gasteiger partial charge in [-0.05, 0) is 79.5 Å². The van der Waals surface area contributed by atoms with E-state index in [-0.39, 0.29) is 22.8 Å². The topological polar surface area (TPSA) is 82.3 Å². The number of aryl methyl sites for hydroxylation is 2. The van der Waals surface area contributed by atoms with Crippen LogP contribution in [0.1, 0.15) is 43.3 Å². The number of nitrogens with zero attached hydrogens (tertiary/aromatic N) is 4. The summed E-state index contributed by atoms with van der Waals surface area (Å²) in [5.41, 5.74) is 6.22. The van der Waals surface area contributed by atoms with E-state index in [1.54, 1.807) is 19.7 Å². The summed E-state index contributed by atoms with van der Waals surface area (Å²) >= 11 is 0. The van der Waals surface area contributed by atoms with Gasteiger partial charge in [-0.15, -0.1) is 0 Å². The first-order valence-electron chi connectivity index (χ1n) is 15.1. The highest BCUT2D eigenvalue weighted by atomic mass is 28.4. The molecule has 6 aromatic rings. The summed E-state index contributed by atoms with van der Waals surface area (Å²) in [5.74, 6) is 0. The Morgan fingerprint density at radius 2 is 1.11 bits per heavy atom. The third kappa shape index (κ3) is 6.24. The number of fused-ring (bicyclic) bond motifs is 2. The van der Waals surface area contributed by atoms with Gasteiger partial charge in [0, 0.05) is 36.2 Å². The van der Waals surface area contributed by atoms with Gasteiger partial charge in [-0.3, -0.25) is 18.7 Å². The van der Waals surface area contributed by atoms with Crippen molar-refractivity contribution >= 4 is 19.4 Å². The van der Waals surface area contributed by atoms with Gasteiger partial charge in [-0.2, -0.15) is 0 Å². The Balaban J connectivity index is 0.000000186. The van der Waals surface area contributed by atoms with Gasteiger partial charge < -0.3 is 18.3 Å². The van der Waals surface area contributed by atoms with Gasteiger partial charge in [0.15, 0.2) is 8.32 Å². The quantitative estimate of drug-likeness (QED) is 0.207. The molecule has 8 nitrogen and oxygen atoms in total. The molecule has 0 radical (unpaired) electrons. The van der Waals surface area contributed by atoms with Crippen LogP contribution in [0.15, 0.2) is 107 Å². The van der Waals surface area contributed by atoms with E-state index in [9.17, 15) is 14.7 Å². The van der Waals surface area contributed by atoms with Gasteiger partial charge in [-0.1, -0.05) is 57.2 Å². The van der Waals surface area contributed by atoms with Crippen molar-refractivity contribution in [1.29, 1.82) is 0 Å². The van der Waals surface area contributed by atoms with Crippen molar-refractivity contribution in [2.24, 2.45) is 0 Å². The van der Waals surface area contributed by atoms with Crippen molar-refractivity contribution in [2.45, 2.75) is 66.0 Å². The monoisotopic (exact) mass is 622 g/mol. The largest absolute Gasteiger partial charge is 0.411 e. The van der Waals surface area contributed by atoms with E-state index in [2.05, 4.69) is 33.9 Å². The zero-order valence-electron chi connectivity index (χ0n) is 27.1. The summed E-state index contributed by atoms with van der Waals surface area (Å²) in [6.45, 7) is 15.3. The minimum absolute atomic E-state index is 0.00460. The Labute approximate surface area is 264 Å². The van der Waals surface area contributed by atoms with Crippen molar-refractivity contribution in [3.05, 3.63) is 141 Å². The van der Waals surface area contributed by atoms with E-state index in [0.717, 1.165) is 28.2 Å². The van der Waals surface area contributed by atoms with Crippen molar-refractivity contribution in [1.82, 2.24) is 17.9 Å². The number of aromatic nitrogens is 4. The zero-order valence-corrected chi connectivity index (χ0v) is 28.1. The lowest BCUT2D eigenvalue weighted by Gasteiger charge is -2.36. The summed E-state index contributed by atoms with van der Waals surface area (Å²) in [7, 11) is -1.92. The first-order chi connectivity index (χ1) is 21.3. The van der Waals surface area contributed by atoms with E-state index in [1.807, 2.05) is 110 Å². The molecule has 9 heteroatoms. The molecule has 4 aromatic heterocycles. The summed E-state index contributed by atoms with van der Waals surface area (Å²) in [5, 5.41) is 9.62. The number of aliphatic hydroxyl groups excluding tert-OH is 1. The van der Waals surface area contributed by atoms with Crippen LogP contribution in [0, 0.1) is 13.8 Å². The van der Waals surface area contributed by atoms with Crippen LogP contribution in [0.3, 0.4) is 0 Å². The van der Waals surface area contributed by atoms with Gasteiger partial charge in [0.05, 0.1) is 24.6 Å². The number of hydrogen-bond acceptors (Lipinski definition) is 4. The van der Waals surface area contributed by atoms with E-state index in [1.165, 1.54) is 0 Å². The summed E-state index contributed by atoms with van der Waals surface area (Å²) in [4.78, 5) is 25.9. The first kappa shape index (κ1) is 32.0. The van der Waals surface area contributed by atoms with Gasteiger partial charge in [-0.25, -0.2) is 0 Å². The summed E-state index contributed by atoms with van der Waals surface area (Å²) in [6.07, 6.45) is 7.58. The van der Waals surface area contributed by atoms with Crippen LogP contribution in [-0.2, 0) is 17.6 Å². The first-order valence-corrected chi connectivity index (χ1v) is 18.0. The van der Waals surface area contributed by atoms with Crippen LogP contribution in [0.5, 0.6) is 0 Å². The summed E-state index contributed by atoms with van der Waals surface area (Å²) < 4.78 is 13.4. The Morgan fingerprint density at radius 1 is 0.689 bits per heavy atom. The molecule has 2 aromatic carbocycles. The fraction of sp³-hybridized carbons (Fsp3) is 0.278. The predicted molar refractivity (Wildman–Crippen MR) is 183 cm³/mol. The third-order valence-corrected chi connectivity index (χ3v) is 13.3. The number of para-hydroxylation sites is 2. The minimum Gasteiger partial charge on any atom is -0.411 e. The molecule has 0 atom stereocenters. The van der Waals surface area contributed by atoms with E-state index >= 15 is 0 Å². The second-order valence-corrected chi connectivity index (χ2v) is 17.7. The van der Waals surface area contributed by atoms with Crippen molar-refractivity contribution in [3.8, 4) is 11.4 Å². The van der Waals surface area contributed by atoms with Gasteiger partial charge in [0.25, 0.3) is 11.1 Å². The molecule has 1 N–H and O–H groups in total. The summed E-state index contributed by atoms with van der Waals surface area (Å²) in [6, 6.07) is 23.0. The number of benzene rings is 2. The van der Waals surface area contributed by atoms with Crippen LogP contribution in [0.2, 0.25) is 18.1 Å². The van der Waals surface area contributed by atoms with Crippen molar-refractivity contribution in [2.75, 3.05) is 0 Å². The third-order valence-electron chi connectivity index (χ3n) is 8.77. The van der Waals surface area contributed by atoms with Crippen LogP contribution in [0.25, 0.3) is 22.4 Å². The van der Waals surface area contributed by atoms with E-state index < -0.39 is 8.32 Å². The highest BCUT2D eigenvalue weighted by Crippen LogP contribution is 2.37. The average Bonchev–Trinajstić information content (AvgIpc) is 3.58. The van der Waals surface area contributed by atoms with Crippen LogP contribution >= 0.6 is 0 Å². The number of hydrogen-bond donors (Lipinski definition) is 1. The fourth-order valence-corrected chi connectivity index (χ4v) is 6.13. The van der Waals surface area contributed by atoms with Gasteiger partial charge in [0.2, 0.25) is 0 Å². The van der Waals surface area contributed by atoms with E-state index in [4.69, 9.17) is 4.43 Å². The maximum absolute atomic E-state index is 13.3. The van der Waals surface area contributed by atoms with E-state index in [0.29, 0.717) is 23.3 Å². The maximum Gasteiger partial charge on any atom is 0.279 e. The van der Waals surface area contributed by atoms with Gasteiger partial charge >= 0.3 is 0 Å².